The van der Waals surface area contributed by atoms with Crippen LogP contribution in [0.1, 0.15) is 32.6 Å². The van der Waals surface area contributed by atoms with Crippen LogP contribution in [0.2, 0.25) is 0 Å². The smallest absolute Gasteiger partial charge is 0.257 e. The Kier molecular flexibility index (Phi) is 7.11. The summed E-state index contributed by atoms with van der Waals surface area (Å²) < 4.78 is 5.79. The highest BCUT2D eigenvalue weighted by atomic mass is 32.1. The number of rotatable bonds is 8. The van der Waals surface area contributed by atoms with Crippen molar-refractivity contribution in [3.8, 4) is 16.3 Å². The molecule has 4 rings (SSSR count). The number of carbonyl (C=O) groups excluding carboxylic acids is 2. The van der Waals surface area contributed by atoms with E-state index >= 15 is 0 Å². The molecule has 0 saturated carbocycles. The molecular formula is C24H22N4O3S2. The maximum Gasteiger partial charge on any atom is 0.257 e. The van der Waals surface area contributed by atoms with Crippen molar-refractivity contribution < 1.29 is 14.3 Å². The van der Waals surface area contributed by atoms with Crippen molar-refractivity contribution in [3.05, 3.63) is 81.8 Å². The lowest BCUT2D eigenvalue weighted by Crippen LogP contribution is -2.17. The second kappa shape index (κ2) is 10.4. The van der Waals surface area contributed by atoms with Crippen molar-refractivity contribution >= 4 is 39.6 Å². The van der Waals surface area contributed by atoms with E-state index in [1.807, 2.05) is 37.3 Å². The number of thiazole rings is 1. The SMILES string of the molecule is CC(=O)NCc1ccc(-c2nc(NC(=O)c3cccc(OCc4cccnc4)c3)sc2C)s1. The molecule has 0 radical (unpaired) electrons. The number of hydrogen-bond donors (Lipinski definition) is 2. The van der Waals surface area contributed by atoms with Gasteiger partial charge in [0.25, 0.3) is 5.91 Å². The van der Waals surface area contributed by atoms with Crippen molar-refractivity contribution in [1.29, 1.82) is 0 Å². The quantitative estimate of drug-likeness (QED) is 0.370. The first-order valence-electron chi connectivity index (χ1n) is 10.2. The standard InChI is InChI=1S/C24H22N4O3S2/c1-15-22(21-9-8-20(33-21)13-26-16(2)29)27-24(32-15)28-23(30)18-6-3-7-19(11-18)31-14-17-5-4-10-25-12-17/h3-12H,13-14H2,1-2H3,(H,26,29)(H,27,28,30). The molecule has 1 aromatic carbocycles. The van der Waals surface area contributed by atoms with Gasteiger partial charge >= 0.3 is 0 Å². The molecule has 9 heteroatoms. The Morgan fingerprint density at radius 1 is 1.09 bits per heavy atom. The number of thiophene rings is 1. The Labute approximate surface area is 199 Å². The number of amides is 2. The minimum absolute atomic E-state index is 0.0636. The van der Waals surface area contributed by atoms with Gasteiger partial charge in [-0.05, 0) is 43.3 Å². The third-order valence-corrected chi connectivity index (χ3v) is 6.63. The van der Waals surface area contributed by atoms with Crippen LogP contribution >= 0.6 is 22.7 Å². The summed E-state index contributed by atoms with van der Waals surface area (Å²) in [5, 5.41) is 6.22. The maximum absolute atomic E-state index is 12.8. The molecule has 0 aliphatic heterocycles. The first-order chi connectivity index (χ1) is 16.0. The molecule has 0 unspecified atom stereocenters. The van der Waals surface area contributed by atoms with Gasteiger partial charge in [0.05, 0.1) is 17.1 Å². The summed E-state index contributed by atoms with van der Waals surface area (Å²) in [6, 6.07) is 14.8. The van der Waals surface area contributed by atoms with E-state index in [9.17, 15) is 9.59 Å². The van der Waals surface area contributed by atoms with Crippen molar-refractivity contribution in [2.75, 3.05) is 5.32 Å². The Hall–Kier alpha value is -3.56. The third-order valence-electron chi connectivity index (χ3n) is 4.65. The average molecular weight is 479 g/mol. The lowest BCUT2D eigenvalue weighted by molar-refractivity contribution is -0.119. The zero-order chi connectivity index (χ0) is 23.2. The van der Waals surface area contributed by atoms with Crippen LogP contribution in [-0.4, -0.2) is 21.8 Å². The molecule has 3 heterocycles. The second-order valence-electron chi connectivity index (χ2n) is 7.23. The third kappa shape index (κ3) is 6.03. The van der Waals surface area contributed by atoms with Crippen molar-refractivity contribution in [1.82, 2.24) is 15.3 Å². The molecular weight excluding hydrogens is 456 g/mol. The highest BCUT2D eigenvalue weighted by molar-refractivity contribution is 7.18. The van der Waals surface area contributed by atoms with E-state index in [2.05, 4.69) is 20.6 Å². The number of anilines is 1. The fraction of sp³-hybridized carbons (Fsp3) is 0.167. The molecule has 7 nitrogen and oxygen atoms in total. The number of aryl methyl sites for hydroxylation is 1. The van der Waals surface area contributed by atoms with Crippen LogP contribution in [0.25, 0.3) is 10.6 Å². The van der Waals surface area contributed by atoms with Crippen LogP contribution in [-0.2, 0) is 17.9 Å². The first kappa shape index (κ1) is 22.6. The van der Waals surface area contributed by atoms with Gasteiger partial charge < -0.3 is 10.1 Å². The molecule has 0 aliphatic rings. The summed E-state index contributed by atoms with van der Waals surface area (Å²) in [5.41, 5.74) is 2.27. The molecule has 0 saturated heterocycles. The molecule has 33 heavy (non-hydrogen) atoms. The van der Waals surface area contributed by atoms with E-state index in [-0.39, 0.29) is 11.8 Å². The maximum atomic E-state index is 12.8. The summed E-state index contributed by atoms with van der Waals surface area (Å²) >= 11 is 3.00. The Morgan fingerprint density at radius 3 is 2.76 bits per heavy atom. The number of aromatic nitrogens is 2. The zero-order valence-electron chi connectivity index (χ0n) is 18.1. The lowest BCUT2D eigenvalue weighted by Gasteiger charge is -2.08. The molecule has 0 aliphatic carbocycles. The van der Waals surface area contributed by atoms with Gasteiger partial charge in [0.2, 0.25) is 5.91 Å². The van der Waals surface area contributed by atoms with Crippen LogP contribution < -0.4 is 15.4 Å². The van der Waals surface area contributed by atoms with E-state index in [1.165, 1.54) is 18.3 Å². The van der Waals surface area contributed by atoms with Crippen LogP contribution in [0.4, 0.5) is 5.13 Å². The Bertz CT molecular complexity index is 1270. The summed E-state index contributed by atoms with van der Waals surface area (Å²) in [4.78, 5) is 35.7. The predicted octanol–water partition coefficient (Wildman–Crippen LogP) is 5.04. The monoisotopic (exact) mass is 478 g/mol. The number of carbonyl (C=O) groups is 2. The van der Waals surface area contributed by atoms with Crippen molar-refractivity contribution in [2.45, 2.75) is 27.0 Å². The molecule has 0 spiro atoms. The van der Waals surface area contributed by atoms with E-state index in [0.29, 0.717) is 29.6 Å². The summed E-state index contributed by atoms with van der Waals surface area (Å²) in [5.74, 6) is 0.291. The fourth-order valence-corrected chi connectivity index (χ4v) is 4.92. The van der Waals surface area contributed by atoms with Gasteiger partial charge in [-0.15, -0.1) is 22.7 Å². The Morgan fingerprint density at radius 2 is 1.97 bits per heavy atom. The molecule has 0 atom stereocenters. The van der Waals surface area contributed by atoms with Crippen LogP contribution in [0.15, 0.2) is 60.9 Å². The molecule has 0 fully saturated rings. The van der Waals surface area contributed by atoms with E-state index < -0.39 is 0 Å². The number of hydrogen-bond acceptors (Lipinski definition) is 7. The van der Waals surface area contributed by atoms with E-state index in [0.717, 1.165) is 25.9 Å². The number of ether oxygens (including phenoxy) is 1. The number of nitrogens with zero attached hydrogens (tertiary/aromatic N) is 2. The Balaban J connectivity index is 1.41. The molecule has 4 aromatic rings. The normalized spacial score (nSPS) is 10.6. The first-order valence-corrected chi connectivity index (χ1v) is 11.9. The minimum Gasteiger partial charge on any atom is -0.489 e. The summed E-state index contributed by atoms with van der Waals surface area (Å²) in [6.45, 7) is 4.34. The molecule has 3 aromatic heterocycles. The van der Waals surface area contributed by atoms with Crippen LogP contribution in [0.5, 0.6) is 5.75 Å². The van der Waals surface area contributed by atoms with Gasteiger partial charge in [0, 0.05) is 40.2 Å². The highest BCUT2D eigenvalue weighted by Crippen LogP contribution is 2.35. The van der Waals surface area contributed by atoms with Crippen molar-refractivity contribution in [3.63, 3.8) is 0 Å². The number of pyridine rings is 1. The predicted molar refractivity (Wildman–Crippen MR) is 131 cm³/mol. The molecule has 168 valence electrons. The van der Waals surface area contributed by atoms with Crippen LogP contribution in [0, 0.1) is 6.92 Å². The highest BCUT2D eigenvalue weighted by Gasteiger charge is 2.15. The number of benzene rings is 1. The summed E-state index contributed by atoms with van der Waals surface area (Å²) in [6.07, 6.45) is 3.46. The van der Waals surface area contributed by atoms with Crippen LogP contribution in [0.3, 0.4) is 0 Å². The minimum atomic E-state index is -0.250. The summed E-state index contributed by atoms with van der Waals surface area (Å²) in [7, 11) is 0. The molecule has 0 bridgehead atoms. The lowest BCUT2D eigenvalue weighted by atomic mass is 10.2. The molecule has 2 amide bonds. The average Bonchev–Trinajstić information content (AvgIpc) is 3.43. The van der Waals surface area contributed by atoms with Gasteiger partial charge in [0.15, 0.2) is 5.13 Å². The van der Waals surface area contributed by atoms with Crippen molar-refractivity contribution in [2.24, 2.45) is 0 Å². The second-order valence-corrected chi connectivity index (χ2v) is 9.60. The van der Waals surface area contributed by atoms with Gasteiger partial charge in [0.1, 0.15) is 12.4 Å². The van der Waals surface area contributed by atoms with Gasteiger partial charge in [-0.2, -0.15) is 0 Å². The number of nitrogens with one attached hydrogen (secondary N) is 2. The zero-order valence-corrected chi connectivity index (χ0v) is 19.8. The van der Waals surface area contributed by atoms with E-state index in [4.69, 9.17) is 4.74 Å². The van der Waals surface area contributed by atoms with Gasteiger partial charge in [-0.25, -0.2) is 4.98 Å². The van der Waals surface area contributed by atoms with Gasteiger partial charge in [-0.1, -0.05) is 12.1 Å². The fourth-order valence-electron chi connectivity index (χ4n) is 3.04. The molecule has 2 N–H and O–H groups in total. The topological polar surface area (TPSA) is 93.2 Å². The van der Waals surface area contributed by atoms with Gasteiger partial charge in [-0.3, -0.25) is 19.9 Å². The largest absolute Gasteiger partial charge is 0.489 e. The van der Waals surface area contributed by atoms with E-state index in [1.54, 1.807) is 41.9 Å².